The molecule has 1 fully saturated rings. The normalized spacial score (nSPS) is 15.2. The lowest BCUT2D eigenvalue weighted by Crippen LogP contribution is -2.37. The molecule has 1 N–H and O–H groups in total. The number of ether oxygens (including phenoxy) is 1. The molecule has 1 heterocycles. The molecule has 4 nitrogen and oxygen atoms in total. The number of amides is 1. The smallest absolute Gasteiger partial charge is 0.260 e. The van der Waals surface area contributed by atoms with Crippen LogP contribution in [-0.2, 0) is 11.2 Å². The lowest BCUT2D eigenvalue weighted by atomic mass is 10.1. The van der Waals surface area contributed by atoms with Crippen LogP contribution in [0.1, 0.15) is 18.9 Å². The van der Waals surface area contributed by atoms with E-state index in [0.717, 1.165) is 50.3 Å². The molecule has 1 aromatic carbocycles. The van der Waals surface area contributed by atoms with Gasteiger partial charge in [0.05, 0.1) is 0 Å². The van der Waals surface area contributed by atoms with Gasteiger partial charge in [-0.05, 0) is 31.0 Å². The second-order valence-electron chi connectivity index (χ2n) is 4.73. The van der Waals surface area contributed by atoms with Crippen LogP contribution in [0.5, 0.6) is 5.75 Å². The third kappa shape index (κ3) is 4.69. The Morgan fingerprint density at radius 1 is 1.30 bits per heavy atom. The lowest BCUT2D eigenvalue weighted by Gasteiger charge is -2.20. The molecule has 0 aliphatic carbocycles. The molecule has 5 heteroatoms. The summed E-state index contributed by atoms with van der Waals surface area (Å²) in [4.78, 5) is 14.0. The molecule has 1 amide bonds. The first-order valence-electron chi connectivity index (χ1n) is 7.00. The van der Waals surface area contributed by atoms with Crippen LogP contribution in [0.2, 0.25) is 0 Å². The molecule has 0 atom stereocenters. The summed E-state index contributed by atoms with van der Waals surface area (Å²) in [6.07, 6.45) is 1.93. The van der Waals surface area contributed by atoms with E-state index >= 15 is 0 Å². The first kappa shape index (κ1) is 16.8. The molecule has 0 aromatic heterocycles. The predicted octanol–water partition coefficient (Wildman–Crippen LogP) is 1.87. The topological polar surface area (TPSA) is 41.6 Å². The van der Waals surface area contributed by atoms with Crippen LogP contribution in [0.4, 0.5) is 0 Å². The van der Waals surface area contributed by atoms with E-state index in [4.69, 9.17) is 4.74 Å². The van der Waals surface area contributed by atoms with Gasteiger partial charge in [-0.2, -0.15) is 0 Å². The van der Waals surface area contributed by atoms with Crippen molar-refractivity contribution in [1.82, 2.24) is 10.2 Å². The van der Waals surface area contributed by atoms with Gasteiger partial charge in [0, 0.05) is 19.6 Å². The van der Waals surface area contributed by atoms with Crippen LogP contribution in [0.25, 0.3) is 0 Å². The van der Waals surface area contributed by atoms with E-state index in [-0.39, 0.29) is 24.9 Å². The highest BCUT2D eigenvalue weighted by Gasteiger charge is 2.15. The SMILES string of the molecule is CCc1ccccc1OCC(=O)N1CCCNCC1.Cl. The molecule has 112 valence electrons. The molecule has 1 aliphatic heterocycles. The highest BCUT2D eigenvalue weighted by molar-refractivity contribution is 5.85. The van der Waals surface area contributed by atoms with Gasteiger partial charge in [0.2, 0.25) is 0 Å². The Balaban J connectivity index is 0.00000200. The zero-order valence-electron chi connectivity index (χ0n) is 11.9. The maximum atomic E-state index is 12.1. The Hall–Kier alpha value is -1.26. The Morgan fingerprint density at radius 3 is 2.90 bits per heavy atom. The summed E-state index contributed by atoms with van der Waals surface area (Å²) >= 11 is 0. The number of rotatable bonds is 4. The van der Waals surface area contributed by atoms with E-state index in [0.29, 0.717) is 0 Å². The number of nitrogens with one attached hydrogen (secondary N) is 1. The molecular weight excluding hydrogens is 276 g/mol. The summed E-state index contributed by atoms with van der Waals surface area (Å²) in [7, 11) is 0. The fraction of sp³-hybridized carbons (Fsp3) is 0.533. The van der Waals surface area contributed by atoms with Crippen molar-refractivity contribution in [3.8, 4) is 5.75 Å². The Bertz CT molecular complexity index is 418. The maximum Gasteiger partial charge on any atom is 0.260 e. The van der Waals surface area contributed by atoms with Gasteiger partial charge in [0.15, 0.2) is 6.61 Å². The van der Waals surface area contributed by atoms with E-state index in [1.54, 1.807) is 0 Å². The first-order valence-corrected chi connectivity index (χ1v) is 7.00. The molecule has 2 rings (SSSR count). The molecule has 20 heavy (non-hydrogen) atoms. The van der Waals surface area contributed by atoms with Gasteiger partial charge < -0.3 is 15.0 Å². The quantitative estimate of drug-likeness (QED) is 0.923. The Labute approximate surface area is 126 Å². The first-order chi connectivity index (χ1) is 9.31. The highest BCUT2D eigenvalue weighted by Crippen LogP contribution is 2.18. The zero-order valence-corrected chi connectivity index (χ0v) is 12.7. The van der Waals surface area contributed by atoms with Gasteiger partial charge in [0.1, 0.15) is 5.75 Å². The molecule has 0 saturated carbocycles. The maximum absolute atomic E-state index is 12.1. The number of nitrogens with zero attached hydrogens (tertiary/aromatic N) is 1. The van der Waals surface area contributed by atoms with Gasteiger partial charge >= 0.3 is 0 Å². The lowest BCUT2D eigenvalue weighted by molar-refractivity contribution is -0.133. The fourth-order valence-corrected chi connectivity index (χ4v) is 2.26. The Kier molecular flexibility index (Phi) is 7.41. The van der Waals surface area contributed by atoms with Crippen molar-refractivity contribution in [1.29, 1.82) is 0 Å². The fourth-order valence-electron chi connectivity index (χ4n) is 2.26. The zero-order chi connectivity index (χ0) is 13.5. The molecule has 1 aromatic rings. The average molecular weight is 299 g/mol. The van der Waals surface area contributed by atoms with E-state index < -0.39 is 0 Å². The number of aryl methyl sites for hydroxylation is 1. The van der Waals surface area contributed by atoms with Gasteiger partial charge in [0.25, 0.3) is 5.91 Å². The van der Waals surface area contributed by atoms with Crippen LogP contribution < -0.4 is 10.1 Å². The van der Waals surface area contributed by atoms with Gasteiger partial charge in [-0.3, -0.25) is 4.79 Å². The van der Waals surface area contributed by atoms with Crippen molar-refractivity contribution in [3.63, 3.8) is 0 Å². The van der Waals surface area contributed by atoms with Gasteiger partial charge in [-0.15, -0.1) is 12.4 Å². The van der Waals surface area contributed by atoms with Crippen LogP contribution in [0.3, 0.4) is 0 Å². The number of hydrogen-bond acceptors (Lipinski definition) is 3. The summed E-state index contributed by atoms with van der Waals surface area (Å²) in [6, 6.07) is 7.90. The second-order valence-corrected chi connectivity index (χ2v) is 4.73. The summed E-state index contributed by atoms with van der Waals surface area (Å²) in [5.74, 6) is 0.904. The molecule has 0 unspecified atom stereocenters. The number of carbonyl (C=O) groups excluding carboxylic acids is 1. The van der Waals surface area contributed by atoms with Crippen molar-refractivity contribution in [2.75, 3.05) is 32.8 Å². The van der Waals surface area contributed by atoms with E-state index in [1.807, 2.05) is 29.2 Å². The van der Waals surface area contributed by atoms with Crippen molar-refractivity contribution < 1.29 is 9.53 Å². The Morgan fingerprint density at radius 2 is 2.10 bits per heavy atom. The number of para-hydroxylation sites is 1. The molecule has 0 bridgehead atoms. The van der Waals surface area contributed by atoms with Crippen LogP contribution in [-0.4, -0.2) is 43.6 Å². The predicted molar refractivity (Wildman–Crippen MR) is 82.6 cm³/mol. The van der Waals surface area contributed by atoms with Crippen LogP contribution in [0.15, 0.2) is 24.3 Å². The van der Waals surface area contributed by atoms with Crippen LogP contribution in [0, 0.1) is 0 Å². The van der Waals surface area contributed by atoms with Crippen molar-refractivity contribution in [2.45, 2.75) is 19.8 Å². The van der Waals surface area contributed by atoms with E-state index in [9.17, 15) is 4.79 Å². The van der Waals surface area contributed by atoms with Crippen molar-refractivity contribution in [3.05, 3.63) is 29.8 Å². The van der Waals surface area contributed by atoms with Crippen LogP contribution >= 0.6 is 12.4 Å². The number of benzene rings is 1. The van der Waals surface area contributed by atoms with E-state index in [1.165, 1.54) is 0 Å². The van der Waals surface area contributed by atoms with Gasteiger partial charge in [-0.25, -0.2) is 0 Å². The van der Waals surface area contributed by atoms with Gasteiger partial charge in [-0.1, -0.05) is 25.1 Å². The average Bonchev–Trinajstić information content (AvgIpc) is 2.74. The minimum atomic E-state index is 0. The molecule has 0 spiro atoms. The van der Waals surface area contributed by atoms with Crippen molar-refractivity contribution >= 4 is 18.3 Å². The summed E-state index contributed by atoms with van der Waals surface area (Å²) in [5, 5.41) is 3.29. The number of carbonyl (C=O) groups is 1. The number of halogens is 1. The summed E-state index contributed by atoms with van der Waals surface area (Å²) < 4.78 is 5.67. The molecule has 1 aliphatic rings. The molecule has 0 radical (unpaired) electrons. The molecule has 1 saturated heterocycles. The summed E-state index contributed by atoms with van der Waals surface area (Å²) in [5.41, 5.74) is 1.15. The van der Waals surface area contributed by atoms with E-state index in [2.05, 4.69) is 12.2 Å². The second kappa shape index (κ2) is 8.82. The molecular formula is C15H23ClN2O2. The highest BCUT2D eigenvalue weighted by atomic mass is 35.5. The largest absolute Gasteiger partial charge is 0.483 e. The third-order valence-corrected chi connectivity index (χ3v) is 3.40. The standard InChI is InChI=1S/C15H22N2O2.ClH/c1-2-13-6-3-4-7-14(13)19-12-15(18)17-10-5-8-16-9-11-17;/h3-4,6-7,16H,2,5,8-12H2,1H3;1H. The number of hydrogen-bond donors (Lipinski definition) is 1. The monoisotopic (exact) mass is 298 g/mol. The third-order valence-electron chi connectivity index (χ3n) is 3.40. The minimum Gasteiger partial charge on any atom is -0.483 e. The van der Waals surface area contributed by atoms with Crippen molar-refractivity contribution in [2.24, 2.45) is 0 Å². The minimum absolute atomic E-state index is 0. The summed E-state index contributed by atoms with van der Waals surface area (Å²) in [6.45, 7) is 5.68.